The predicted molar refractivity (Wildman–Crippen MR) is 121 cm³/mol. The number of esters is 1. The van der Waals surface area contributed by atoms with Crippen LogP contribution in [0.1, 0.15) is 90.9 Å². The van der Waals surface area contributed by atoms with Crippen LogP contribution in [0.4, 0.5) is 0 Å². The fourth-order valence-corrected chi connectivity index (χ4v) is 8.18. The van der Waals surface area contributed by atoms with E-state index in [0.29, 0.717) is 30.0 Å². The molecule has 0 bridgehead atoms. The van der Waals surface area contributed by atoms with E-state index in [9.17, 15) is 9.59 Å². The van der Waals surface area contributed by atoms with Gasteiger partial charge in [0.05, 0.1) is 6.42 Å². The maximum atomic E-state index is 12.6. The molecule has 0 N–H and O–H groups in total. The summed E-state index contributed by atoms with van der Waals surface area (Å²) in [6, 6.07) is 0. The fraction of sp³-hybridized carbons (Fsp3) is 0.852. The Balaban J connectivity index is 1.20. The van der Waals surface area contributed by atoms with Crippen molar-refractivity contribution in [3.8, 4) is 0 Å². The van der Waals surface area contributed by atoms with E-state index < -0.39 is 0 Å². The van der Waals surface area contributed by atoms with E-state index in [1.165, 1.54) is 25.7 Å². The topological polar surface area (TPSA) is 46.6 Å². The summed E-state index contributed by atoms with van der Waals surface area (Å²) < 4.78 is 5.96. The zero-order valence-corrected chi connectivity index (χ0v) is 19.7. The minimum absolute atomic E-state index is 0.00800. The molecule has 0 aromatic carbocycles. The van der Waals surface area contributed by atoms with Gasteiger partial charge in [-0.15, -0.1) is 0 Å². The molecule has 4 heteroatoms. The molecule has 5 rings (SSSR count). The van der Waals surface area contributed by atoms with Gasteiger partial charge in [-0.2, -0.15) is 0 Å². The lowest BCUT2D eigenvalue weighted by Crippen LogP contribution is -2.50. The third-order valence-electron chi connectivity index (χ3n) is 10.1. The van der Waals surface area contributed by atoms with E-state index in [-0.39, 0.29) is 22.9 Å². The number of ether oxygens (including phenoxy) is 1. The summed E-state index contributed by atoms with van der Waals surface area (Å²) >= 11 is 0. The Morgan fingerprint density at radius 1 is 1.06 bits per heavy atom. The zero-order chi connectivity index (χ0) is 21.6. The van der Waals surface area contributed by atoms with Crippen LogP contribution < -0.4 is 0 Å². The number of nitrogens with zero attached hydrogens (tertiary/aromatic N) is 1. The Morgan fingerprint density at radius 2 is 1.81 bits per heavy atom. The number of fused-ring (bicyclic) bond motifs is 5. The molecule has 0 aromatic rings. The van der Waals surface area contributed by atoms with Gasteiger partial charge >= 0.3 is 5.97 Å². The first-order valence-electron chi connectivity index (χ1n) is 13.0. The highest BCUT2D eigenvalue weighted by atomic mass is 16.5. The molecule has 0 radical (unpaired) electrons. The minimum atomic E-state index is -0.0516. The molecule has 1 heterocycles. The molecular formula is C27H41NO3. The molecule has 6 atom stereocenters. The van der Waals surface area contributed by atoms with Crippen LogP contribution in [0.2, 0.25) is 0 Å². The molecule has 1 aliphatic heterocycles. The summed E-state index contributed by atoms with van der Waals surface area (Å²) in [6.07, 6.45) is 15.3. The van der Waals surface area contributed by atoms with Gasteiger partial charge < -0.3 is 9.64 Å². The summed E-state index contributed by atoms with van der Waals surface area (Å²) in [5.41, 5.74) is 1.73. The first kappa shape index (κ1) is 21.7. The molecule has 3 saturated carbocycles. The third kappa shape index (κ3) is 3.81. The van der Waals surface area contributed by atoms with Gasteiger partial charge in [0, 0.05) is 24.8 Å². The largest absolute Gasteiger partial charge is 0.462 e. The number of hydrogen-bond donors (Lipinski definition) is 0. The second-order valence-electron chi connectivity index (χ2n) is 11.7. The van der Waals surface area contributed by atoms with Gasteiger partial charge in [0.1, 0.15) is 11.9 Å². The molecule has 31 heavy (non-hydrogen) atoms. The van der Waals surface area contributed by atoms with Crippen molar-refractivity contribution >= 4 is 11.8 Å². The number of hydrogen-bond acceptors (Lipinski definition) is 4. The first-order chi connectivity index (χ1) is 14.9. The van der Waals surface area contributed by atoms with E-state index >= 15 is 0 Å². The second kappa shape index (κ2) is 8.32. The van der Waals surface area contributed by atoms with Crippen LogP contribution >= 0.6 is 0 Å². The number of allylic oxidation sites excluding steroid dienone is 1. The average molecular weight is 428 g/mol. The van der Waals surface area contributed by atoms with Crippen LogP contribution in [-0.2, 0) is 14.3 Å². The molecule has 0 aromatic heterocycles. The number of carbonyl (C=O) groups excluding carboxylic acids is 2. The first-order valence-corrected chi connectivity index (χ1v) is 13.0. The number of piperidine rings is 1. The number of rotatable bonds is 4. The van der Waals surface area contributed by atoms with Gasteiger partial charge in [0.15, 0.2) is 0 Å². The van der Waals surface area contributed by atoms with Crippen LogP contribution in [0, 0.1) is 28.6 Å². The van der Waals surface area contributed by atoms with E-state index in [1.54, 1.807) is 5.57 Å². The maximum Gasteiger partial charge on any atom is 0.307 e. The smallest absolute Gasteiger partial charge is 0.307 e. The van der Waals surface area contributed by atoms with E-state index in [1.807, 2.05) is 0 Å². The normalized spacial score (nSPS) is 42.9. The van der Waals surface area contributed by atoms with E-state index in [4.69, 9.17) is 4.74 Å². The molecule has 4 fully saturated rings. The Morgan fingerprint density at radius 3 is 2.61 bits per heavy atom. The molecule has 0 amide bonds. The summed E-state index contributed by atoms with van der Waals surface area (Å²) in [6.45, 7) is 7.86. The van der Waals surface area contributed by atoms with Crippen molar-refractivity contribution in [3.63, 3.8) is 0 Å². The van der Waals surface area contributed by atoms with Gasteiger partial charge in [-0.3, -0.25) is 9.59 Å². The molecule has 4 unspecified atom stereocenters. The van der Waals surface area contributed by atoms with Crippen molar-refractivity contribution < 1.29 is 14.3 Å². The van der Waals surface area contributed by atoms with Crippen molar-refractivity contribution in [2.75, 3.05) is 19.6 Å². The standard InChI is InChI=1S/C27H41NO3/c1-26-13-10-20(31-25(30)12-17-28-15-4-3-5-16-28)18-19(26)6-7-21-22-8-9-24(29)27(22,2)14-11-23(21)26/h6,20-23H,3-5,7-18H2,1-2H3/t20?,21?,22?,23?,26-,27-/m0/s1. The van der Waals surface area contributed by atoms with Gasteiger partial charge in [0.25, 0.3) is 0 Å². The van der Waals surface area contributed by atoms with Gasteiger partial charge in [-0.05, 0) is 87.6 Å². The predicted octanol–water partition coefficient (Wildman–Crippen LogP) is 5.31. The SMILES string of the molecule is C[C@]12CCC(OC(=O)CCN3CCCCC3)CC1=CCC1C2CC[C@]2(C)C(=O)CCC12. The average Bonchev–Trinajstić information content (AvgIpc) is 3.08. The lowest BCUT2D eigenvalue weighted by Gasteiger charge is -2.56. The molecule has 172 valence electrons. The number of carbonyl (C=O) groups is 2. The van der Waals surface area contributed by atoms with Crippen molar-refractivity contribution in [1.82, 2.24) is 4.90 Å². The fourth-order valence-electron chi connectivity index (χ4n) is 8.18. The summed E-state index contributed by atoms with van der Waals surface area (Å²) in [5, 5.41) is 0. The summed E-state index contributed by atoms with van der Waals surface area (Å²) in [4.78, 5) is 27.5. The van der Waals surface area contributed by atoms with Gasteiger partial charge in [-0.1, -0.05) is 31.9 Å². The minimum Gasteiger partial charge on any atom is -0.462 e. The van der Waals surface area contributed by atoms with Gasteiger partial charge in [0.2, 0.25) is 0 Å². The summed E-state index contributed by atoms with van der Waals surface area (Å²) in [5.74, 6) is 2.47. The number of Topliss-reactive ketones (excluding diaryl/α,β-unsaturated/α-hetero) is 1. The van der Waals surface area contributed by atoms with Gasteiger partial charge in [-0.25, -0.2) is 0 Å². The quantitative estimate of drug-likeness (QED) is 0.451. The molecule has 4 aliphatic carbocycles. The lowest BCUT2D eigenvalue weighted by molar-refractivity contribution is -0.151. The van der Waals surface area contributed by atoms with Crippen molar-refractivity contribution in [2.45, 2.75) is 97.0 Å². The van der Waals surface area contributed by atoms with E-state index in [2.05, 4.69) is 24.8 Å². The molecule has 5 aliphatic rings. The lowest BCUT2D eigenvalue weighted by atomic mass is 9.48. The Hall–Kier alpha value is -1.16. The van der Waals surface area contributed by atoms with Crippen LogP contribution in [-0.4, -0.2) is 42.4 Å². The Labute approximate surface area is 188 Å². The molecule has 0 spiro atoms. The zero-order valence-electron chi connectivity index (χ0n) is 19.7. The van der Waals surface area contributed by atoms with Crippen LogP contribution in [0.5, 0.6) is 0 Å². The van der Waals surface area contributed by atoms with Crippen molar-refractivity contribution in [1.29, 1.82) is 0 Å². The molecule has 4 nitrogen and oxygen atoms in total. The summed E-state index contributed by atoms with van der Waals surface area (Å²) in [7, 11) is 0. The maximum absolute atomic E-state index is 12.6. The van der Waals surface area contributed by atoms with Crippen LogP contribution in [0.25, 0.3) is 0 Å². The van der Waals surface area contributed by atoms with Crippen molar-refractivity contribution in [3.05, 3.63) is 11.6 Å². The van der Waals surface area contributed by atoms with E-state index in [0.717, 1.165) is 64.6 Å². The number of ketones is 1. The highest BCUT2D eigenvalue weighted by Crippen LogP contribution is 2.64. The number of likely N-dealkylation sites (tertiary alicyclic amines) is 1. The van der Waals surface area contributed by atoms with Crippen LogP contribution in [0.3, 0.4) is 0 Å². The Kier molecular flexibility index (Phi) is 5.82. The monoisotopic (exact) mass is 427 g/mol. The molecular weight excluding hydrogens is 386 g/mol. The van der Waals surface area contributed by atoms with Crippen LogP contribution in [0.15, 0.2) is 11.6 Å². The third-order valence-corrected chi connectivity index (χ3v) is 10.1. The molecule has 1 saturated heterocycles. The highest BCUT2D eigenvalue weighted by Gasteiger charge is 2.58. The van der Waals surface area contributed by atoms with Crippen molar-refractivity contribution in [2.24, 2.45) is 28.6 Å². The Bertz CT molecular complexity index is 754. The highest BCUT2D eigenvalue weighted by molar-refractivity contribution is 5.87. The second-order valence-corrected chi connectivity index (χ2v) is 11.7.